The van der Waals surface area contributed by atoms with Crippen LogP contribution in [0.4, 0.5) is 0 Å². The lowest BCUT2D eigenvalue weighted by atomic mass is 9.85. The van der Waals surface area contributed by atoms with Gasteiger partial charge in [0.2, 0.25) is 0 Å². The third-order valence-corrected chi connectivity index (χ3v) is 7.34. The maximum atomic E-state index is 12.3. The molecular formula is C19H24N2O3S2. The van der Waals surface area contributed by atoms with E-state index in [-0.39, 0.29) is 18.1 Å². The first kappa shape index (κ1) is 18.1. The van der Waals surface area contributed by atoms with Gasteiger partial charge in [-0.25, -0.2) is 0 Å². The highest BCUT2D eigenvalue weighted by atomic mass is 32.1. The molecule has 140 valence electrons. The number of piperidine rings is 1. The van der Waals surface area contributed by atoms with Gasteiger partial charge in [0, 0.05) is 31.1 Å². The lowest BCUT2D eigenvalue weighted by molar-refractivity contribution is -0.0960. The van der Waals surface area contributed by atoms with Crippen LogP contribution in [-0.4, -0.2) is 48.8 Å². The Morgan fingerprint density at radius 1 is 1.38 bits per heavy atom. The third kappa shape index (κ3) is 3.59. The smallest absolute Gasteiger partial charge is 0.261 e. The van der Waals surface area contributed by atoms with Crippen molar-refractivity contribution in [1.82, 2.24) is 10.2 Å². The van der Waals surface area contributed by atoms with Gasteiger partial charge in [0.1, 0.15) is 5.60 Å². The van der Waals surface area contributed by atoms with Crippen molar-refractivity contribution in [3.63, 3.8) is 0 Å². The molecule has 4 rings (SSSR count). The second kappa shape index (κ2) is 7.78. The lowest BCUT2D eigenvalue weighted by Gasteiger charge is -2.43. The number of rotatable bonds is 5. The number of ether oxygens (including phenoxy) is 1. The van der Waals surface area contributed by atoms with Gasteiger partial charge in [-0.05, 0) is 53.3 Å². The Balaban J connectivity index is 1.47. The third-order valence-electron chi connectivity index (χ3n) is 5.24. The Morgan fingerprint density at radius 2 is 2.23 bits per heavy atom. The number of hydrogen-bond donors (Lipinski definition) is 2. The van der Waals surface area contributed by atoms with E-state index in [1.165, 1.54) is 16.0 Å². The van der Waals surface area contributed by atoms with Gasteiger partial charge in [0.05, 0.1) is 18.1 Å². The highest BCUT2D eigenvalue weighted by Crippen LogP contribution is 2.45. The minimum Gasteiger partial charge on any atom is -0.395 e. The summed E-state index contributed by atoms with van der Waals surface area (Å²) >= 11 is 3.32. The number of nitrogens with zero attached hydrogens (tertiary/aromatic N) is 1. The molecule has 0 atom stereocenters. The Kier molecular flexibility index (Phi) is 5.42. The van der Waals surface area contributed by atoms with E-state index in [0.717, 1.165) is 50.4 Å². The van der Waals surface area contributed by atoms with Crippen molar-refractivity contribution < 1.29 is 14.6 Å². The molecule has 2 aliphatic rings. The first-order valence-corrected chi connectivity index (χ1v) is 10.9. The number of nitrogens with one attached hydrogen (secondary N) is 1. The van der Waals surface area contributed by atoms with Crippen LogP contribution >= 0.6 is 22.7 Å². The van der Waals surface area contributed by atoms with E-state index >= 15 is 0 Å². The van der Waals surface area contributed by atoms with Gasteiger partial charge in [-0.15, -0.1) is 11.3 Å². The van der Waals surface area contributed by atoms with Crippen LogP contribution in [0.1, 0.15) is 38.5 Å². The van der Waals surface area contributed by atoms with Crippen LogP contribution in [0.15, 0.2) is 22.9 Å². The second-order valence-electron chi connectivity index (χ2n) is 6.95. The van der Waals surface area contributed by atoms with Crippen molar-refractivity contribution in [2.45, 2.75) is 31.4 Å². The summed E-state index contributed by atoms with van der Waals surface area (Å²) in [6.45, 7) is 4.01. The van der Waals surface area contributed by atoms with Crippen LogP contribution in [0.5, 0.6) is 0 Å². The summed E-state index contributed by atoms with van der Waals surface area (Å²) in [4.78, 5) is 16.7. The molecule has 0 bridgehead atoms. The molecule has 4 heterocycles. The van der Waals surface area contributed by atoms with Gasteiger partial charge in [0.15, 0.2) is 0 Å². The first-order valence-electron chi connectivity index (χ1n) is 9.10. The number of carbonyl (C=O) groups excluding carboxylic acids is 1. The average molecular weight is 393 g/mol. The molecule has 0 saturated carbocycles. The molecule has 1 amide bonds. The summed E-state index contributed by atoms with van der Waals surface area (Å²) in [5.74, 6) is -0.0940. The normalized spacial score (nSPS) is 19.4. The molecule has 0 aliphatic carbocycles. The standard InChI is InChI=1S/C19H24N2O3S2/c22-8-5-20-18(23)16-11-15-1-9-24-19(17(15)26-16)3-6-21(7-4-19)12-14-2-10-25-13-14/h2,10-11,13,22H,1,3-9,12H2,(H,20,23). The molecular weight excluding hydrogens is 368 g/mol. The van der Waals surface area contributed by atoms with Crippen molar-refractivity contribution in [2.24, 2.45) is 0 Å². The molecule has 1 spiro atoms. The number of fused-ring (bicyclic) bond motifs is 2. The minimum absolute atomic E-state index is 0.0379. The topological polar surface area (TPSA) is 61.8 Å². The van der Waals surface area contributed by atoms with Crippen molar-refractivity contribution in [1.29, 1.82) is 0 Å². The molecule has 0 radical (unpaired) electrons. The van der Waals surface area contributed by atoms with Gasteiger partial charge in [-0.3, -0.25) is 9.69 Å². The first-order chi connectivity index (χ1) is 12.7. The predicted octanol–water partition coefficient (Wildman–Crippen LogP) is 2.60. The molecule has 0 aromatic carbocycles. The van der Waals surface area contributed by atoms with E-state index in [2.05, 4.69) is 27.0 Å². The Morgan fingerprint density at radius 3 is 2.96 bits per heavy atom. The Bertz CT molecular complexity index is 749. The molecule has 5 nitrogen and oxygen atoms in total. The van der Waals surface area contributed by atoms with E-state index in [1.807, 2.05) is 6.07 Å². The summed E-state index contributed by atoms with van der Waals surface area (Å²) in [6.07, 6.45) is 2.82. The number of carbonyl (C=O) groups is 1. The van der Waals surface area contributed by atoms with E-state index < -0.39 is 0 Å². The van der Waals surface area contributed by atoms with Crippen molar-refractivity contribution in [2.75, 3.05) is 32.8 Å². The van der Waals surface area contributed by atoms with Crippen LogP contribution in [-0.2, 0) is 23.3 Å². The zero-order valence-corrected chi connectivity index (χ0v) is 16.3. The van der Waals surface area contributed by atoms with Gasteiger partial charge >= 0.3 is 0 Å². The van der Waals surface area contributed by atoms with Gasteiger partial charge in [-0.1, -0.05) is 0 Å². The van der Waals surface area contributed by atoms with Gasteiger partial charge in [-0.2, -0.15) is 11.3 Å². The summed E-state index contributed by atoms with van der Waals surface area (Å²) in [6, 6.07) is 4.22. The maximum absolute atomic E-state index is 12.3. The van der Waals surface area contributed by atoms with Crippen LogP contribution < -0.4 is 5.32 Å². The SMILES string of the molecule is O=C(NCCO)c1cc2c(s1)C1(CCN(Cc3ccsc3)CC1)OCC2. The van der Waals surface area contributed by atoms with Crippen LogP contribution in [0.3, 0.4) is 0 Å². The summed E-state index contributed by atoms with van der Waals surface area (Å²) < 4.78 is 6.30. The number of hydrogen-bond acceptors (Lipinski definition) is 6. The fourth-order valence-electron chi connectivity index (χ4n) is 3.87. The molecule has 1 saturated heterocycles. The van der Waals surface area contributed by atoms with Crippen molar-refractivity contribution in [3.8, 4) is 0 Å². The molecule has 7 heteroatoms. The number of aliphatic hydroxyl groups is 1. The fraction of sp³-hybridized carbons (Fsp3) is 0.526. The monoisotopic (exact) mass is 392 g/mol. The molecule has 2 N–H and O–H groups in total. The largest absolute Gasteiger partial charge is 0.395 e. The molecule has 26 heavy (non-hydrogen) atoms. The molecule has 1 fully saturated rings. The summed E-state index contributed by atoms with van der Waals surface area (Å²) in [5.41, 5.74) is 2.43. The van der Waals surface area contributed by atoms with Gasteiger partial charge in [0.25, 0.3) is 5.91 Å². The summed E-state index contributed by atoms with van der Waals surface area (Å²) in [7, 11) is 0. The zero-order chi connectivity index (χ0) is 18.0. The maximum Gasteiger partial charge on any atom is 0.261 e. The van der Waals surface area contributed by atoms with E-state index in [9.17, 15) is 4.79 Å². The second-order valence-corrected chi connectivity index (χ2v) is 8.78. The molecule has 2 aromatic rings. The van der Waals surface area contributed by atoms with Crippen molar-refractivity contribution >= 4 is 28.6 Å². The van der Waals surface area contributed by atoms with Crippen LogP contribution in [0.2, 0.25) is 0 Å². The lowest BCUT2D eigenvalue weighted by Crippen LogP contribution is -2.45. The van der Waals surface area contributed by atoms with E-state index in [4.69, 9.17) is 9.84 Å². The number of amides is 1. The Labute approximate surface area is 161 Å². The molecule has 2 aliphatic heterocycles. The van der Waals surface area contributed by atoms with Gasteiger partial charge < -0.3 is 15.2 Å². The average Bonchev–Trinajstić information content (AvgIpc) is 3.32. The highest BCUT2D eigenvalue weighted by Gasteiger charge is 2.42. The number of likely N-dealkylation sites (tertiary alicyclic amines) is 1. The Hall–Kier alpha value is -1.25. The van der Waals surface area contributed by atoms with E-state index in [0.29, 0.717) is 6.54 Å². The van der Waals surface area contributed by atoms with Crippen LogP contribution in [0.25, 0.3) is 0 Å². The fourth-order valence-corrected chi connectivity index (χ4v) is 5.86. The number of thiophene rings is 2. The molecule has 0 unspecified atom stereocenters. The van der Waals surface area contributed by atoms with Crippen molar-refractivity contribution in [3.05, 3.63) is 43.8 Å². The number of aliphatic hydroxyl groups excluding tert-OH is 1. The quantitative estimate of drug-likeness (QED) is 0.821. The zero-order valence-electron chi connectivity index (χ0n) is 14.7. The van der Waals surface area contributed by atoms with Crippen LogP contribution in [0, 0.1) is 0 Å². The molecule has 2 aromatic heterocycles. The highest BCUT2D eigenvalue weighted by molar-refractivity contribution is 7.14. The van der Waals surface area contributed by atoms with E-state index in [1.54, 1.807) is 22.7 Å². The summed E-state index contributed by atoms with van der Waals surface area (Å²) in [5, 5.41) is 16.0. The predicted molar refractivity (Wildman–Crippen MR) is 104 cm³/mol. The minimum atomic E-state index is -0.223.